The number of carbonyl (C=O) groups excluding carboxylic acids is 1. The highest BCUT2D eigenvalue weighted by Gasteiger charge is 2.30. The Bertz CT molecular complexity index is 909. The third-order valence-electron chi connectivity index (χ3n) is 4.80. The molecule has 0 aliphatic carbocycles. The maximum atomic E-state index is 12.3. The number of esters is 1. The average molecular weight is 408 g/mol. The molecule has 3 rings (SSSR count). The Labute approximate surface area is 178 Å². The van der Waals surface area contributed by atoms with E-state index in [9.17, 15) is 4.79 Å². The summed E-state index contributed by atoms with van der Waals surface area (Å²) in [6.07, 6.45) is 3.83. The molecule has 6 nitrogen and oxygen atoms in total. The molecule has 30 heavy (non-hydrogen) atoms. The minimum atomic E-state index is -0.309. The monoisotopic (exact) mass is 407 g/mol. The second-order valence-electron chi connectivity index (χ2n) is 6.66. The van der Waals surface area contributed by atoms with E-state index >= 15 is 0 Å². The van der Waals surface area contributed by atoms with E-state index in [2.05, 4.69) is 21.7 Å². The number of hydrogen-bond acceptors (Lipinski definition) is 6. The standard InChI is InChI=1S/C24H29N3O3/c1-4-26-21-13-12-19(24(28)30-6-3)18-22(21)27(16-17-29-5-2)23(26)14-15-25-20-10-8-7-9-11-20/h7-15,18H,4-6,16-17H2,1-3H3/b23-14-,25-15?. The van der Waals surface area contributed by atoms with Gasteiger partial charge in [0.2, 0.25) is 0 Å². The summed E-state index contributed by atoms with van der Waals surface area (Å²) in [4.78, 5) is 21.2. The van der Waals surface area contributed by atoms with Crippen LogP contribution in [0.15, 0.2) is 65.4 Å². The number of benzene rings is 2. The predicted octanol–water partition coefficient (Wildman–Crippen LogP) is 4.79. The van der Waals surface area contributed by atoms with Crippen molar-refractivity contribution in [3.05, 3.63) is 66.0 Å². The lowest BCUT2D eigenvalue weighted by atomic mass is 10.1. The minimum absolute atomic E-state index is 0.309. The molecule has 0 aromatic heterocycles. The van der Waals surface area contributed by atoms with Gasteiger partial charge in [0.25, 0.3) is 0 Å². The summed E-state index contributed by atoms with van der Waals surface area (Å²) in [6, 6.07) is 15.5. The molecule has 158 valence electrons. The van der Waals surface area contributed by atoms with Crippen molar-refractivity contribution in [1.29, 1.82) is 0 Å². The first kappa shape index (κ1) is 21.6. The summed E-state index contributed by atoms with van der Waals surface area (Å²) in [5, 5.41) is 0. The van der Waals surface area contributed by atoms with Crippen molar-refractivity contribution in [2.45, 2.75) is 20.8 Å². The third kappa shape index (κ3) is 4.89. The summed E-state index contributed by atoms with van der Waals surface area (Å²) in [5.41, 5.74) is 3.48. The van der Waals surface area contributed by atoms with Crippen LogP contribution in [0.1, 0.15) is 31.1 Å². The molecule has 6 heteroatoms. The van der Waals surface area contributed by atoms with Gasteiger partial charge in [-0.3, -0.25) is 4.99 Å². The summed E-state index contributed by atoms with van der Waals surface area (Å²) in [6.45, 7) is 8.98. The van der Waals surface area contributed by atoms with Gasteiger partial charge in [0.05, 0.1) is 35.8 Å². The van der Waals surface area contributed by atoms with Crippen molar-refractivity contribution >= 4 is 29.2 Å². The number of fused-ring (bicyclic) bond motifs is 1. The largest absolute Gasteiger partial charge is 0.462 e. The van der Waals surface area contributed by atoms with Gasteiger partial charge in [0.15, 0.2) is 0 Å². The van der Waals surface area contributed by atoms with E-state index in [0.29, 0.717) is 31.9 Å². The molecule has 0 atom stereocenters. The smallest absolute Gasteiger partial charge is 0.338 e. The third-order valence-corrected chi connectivity index (χ3v) is 4.80. The van der Waals surface area contributed by atoms with Gasteiger partial charge < -0.3 is 19.3 Å². The van der Waals surface area contributed by atoms with Crippen molar-refractivity contribution in [3.63, 3.8) is 0 Å². The molecule has 0 bridgehead atoms. The van der Waals surface area contributed by atoms with Gasteiger partial charge in [-0.2, -0.15) is 0 Å². The first-order chi connectivity index (χ1) is 14.7. The number of ether oxygens (including phenoxy) is 2. The van der Waals surface area contributed by atoms with E-state index in [4.69, 9.17) is 9.47 Å². The Morgan fingerprint density at radius 2 is 1.80 bits per heavy atom. The van der Waals surface area contributed by atoms with Crippen LogP contribution in [0, 0.1) is 0 Å². The first-order valence-corrected chi connectivity index (χ1v) is 10.4. The number of carbonyl (C=O) groups is 1. The SMILES string of the molecule is CCOCCN1/C(=C\C=Nc2ccccc2)N(CC)c2ccc(C(=O)OCC)cc21. The van der Waals surface area contributed by atoms with Crippen LogP contribution in [-0.2, 0) is 9.47 Å². The molecule has 2 aromatic carbocycles. The van der Waals surface area contributed by atoms with Crippen LogP contribution in [0.3, 0.4) is 0 Å². The van der Waals surface area contributed by atoms with E-state index in [1.165, 1.54) is 0 Å². The van der Waals surface area contributed by atoms with Gasteiger partial charge in [-0.1, -0.05) is 18.2 Å². The number of hydrogen-bond donors (Lipinski definition) is 0. The van der Waals surface area contributed by atoms with E-state index < -0.39 is 0 Å². The van der Waals surface area contributed by atoms with Crippen molar-refractivity contribution in [3.8, 4) is 0 Å². The van der Waals surface area contributed by atoms with Crippen molar-refractivity contribution in [2.75, 3.05) is 42.7 Å². The highest BCUT2D eigenvalue weighted by Crippen LogP contribution is 2.42. The fraction of sp³-hybridized carbons (Fsp3) is 0.333. The molecule has 1 heterocycles. The Hall–Kier alpha value is -3.12. The molecule has 1 aliphatic heterocycles. The van der Waals surface area contributed by atoms with E-state index in [1.807, 2.05) is 74.7 Å². The van der Waals surface area contributed by atoms with Crippen LogP contribution in [0.5, 0.6) is 0 Å². The highest BCUT2D eigenvalue weighted by molar-refractivity contribution is 5.95. The van der Waals surface area contributed by atoms with Gasteiger partial charge in [-0.05, 0) is 57.2 Å². The Morgan fingerprint density at radius 3 is 2.50 bits per heavy atom. The molecule has 0 fully saturated rings. The van der Waals surface area contributed by atoms with Crippen molar-refractivity contribution in [1.82, 2.24) is 0 Å². The highest BCUT2D eigenvalue weighted by atomic mass is 16.5. The summed E-state index contributed by atoms with van der Waals surface area (Å²) < 4.78 is 10.8. The Morgan fingerprint density at radius 1 is 1.00 bits per heavy atom. The van der Waals surface area contributed by atoms with E-state index in [1.54, 1.807) is 0 Å². The number of nitrogens with zero attached hydrogens (tertiary/aromatic N) is 3. The number of rotatable bonds is 9. The lowest BCUT2D eigenvalue weighted by Gasteiger charge is -2.24. The van der Waals surface area contributed by atoms with Crippen LogP contribution >= 0.6 is 0 Å². The second kappa shape index (κ2) is 10.6. The normalized spacial score (nSPS) is 14.6. The molecule has 0 saturated heterocycles. The maximum absolute atomic E-state index is 12.3. The minimum Gasteiger partial charge on any atom is -0.462 e. The van der Waals surface area contributed by atoms with E-state index in [0.717, 1.165) is 29.4 Å². The summed E-state index contributed by atoms with van der Waals surface area (Å²) in [5.74, 6) is 0.698. The molecular formula is C24H29N3O3. The van der Waals surface area contributed by atoms with Crippen molar-refractivity contribution in [2.24, 2.45) is 4.99 Å². The molecule has 2 aromatic rings. The van der Waals surface area contributed by atoms with Gasteiger partial charge in [-0.25, -0.2) is 4.79 Å². The molecular weight excluding hydrogens is 378 g/mol. The summed E-state index contributed by atoms with van der Waals surface area (Å²) in [7, 11) is 0. The predicted molar refractivity (Wildman–Crippen MR) is 122 cm³/mol. The van der Waals surface area contributed by atoms with Gasteiger partial charge in [-0.15, -0.1) is 0 Å². The fourth-order valence-corrected chi connectivity index (χ4v) is 3.45. The number of aliphatic imine (C=N–C) groups is 1. The second-order valence-corrected chi connectivity index (χ2v) is 6.66. The van der Waals surface area contributed by atoms with Crippen LogP contribution in [0.4, 0.5) is 17.1 Å². The molecule has 0 spiro atoms. The van der Waals surface area contributed by atoms with Crippen molar-refractivity contribution < 1.29 is 14.3 Å². The number of allylic oxidation sites excluding steroid dienone is 1. The molecule has 1 aliphatic rings. The van der Waals surface area contributed by atoms with Gasteiger partial charge in [0, 0.05) is 25.9 Å². The number of anilines is 2. The maximum Gasteiger partial charge on any atom is 0.338 e. The zero-order valence-corrected chi connectivity index (χ0v) is 17.9. The molecule has 0 amide bonds. The van der Waals surface area contributed by atoms with Gasteiger partial charge >= 0.3 is 5.97 Å². The van der Waals surface area contributed by atoms with Crippen LogP contribution < -0.4 is 9.80 Å². The topological polar surface area (TPSA) is 54.4 Å². The first-order valence-electron chi connectivity index (χ1n) is 10.4. The van der Waals surface area contributed by atoms with Crippen LogP contribution in [0.2, 0.25) is 0 Å². The molecule has 0 N–H and O–H groups in total. The quantitative estimate of drug-likeness (QED) is 0.340. The lowest BCUT2D eigenvalue weighted by molar-refractivity contribution is 0.0526. The Balaban J connectivity index is 1.95. The zero-order valence-electron chi connectivity index (χ0n) is 17.9. The van der Waals surface area contributed by atoms with Crippen LogP contribution in [-0.4, -0.2) is 45.1 Å². The molecule has 0 radical (unpaired) electrons. The fourth-order valence-electron chi connectivity index (χ4n) is 3.45. The lowest BCUT2D eigenvalue weighted by Crippen LogP contribution is -2.31. The average Bonchev–Trinajstić information content (AvgIpc) is 3.06. The Kier molecular flexibility index (Phi) is 7.63. The molecule has 0 saturated carbocycles. The van der Waals surface area contributed by atoms with Gasteiger partial charge in [0.1, 0.15) is 5.82 Å². The summed E-state index contributed by atoms with van der Waals surface area (Å²) >= 11 is 0. The van der Waals surface area contributed by atoms with Crippen LogP contribution in [0.25, 0.3) is 0 Å². The zero-order chi connectivity index (χ0) is 21.3. The molecule has 0 unspecified atom stereocenters. The number of para-hydroxylation sites is 1. The van der Waals surface area contributed by atoms with E-state index in [-0.39, 0.29) is 5.97 Å².